The lowest BCUT2D eigenvalue weighted by atomic mass is 9.78. The Morgan fingerprint density at radius 1 is 1.00 bits per heavy atom. The molecule has 8 bridgehead atoms. The van der Waals surface area contributed by atoms with Gasteiger partial charge in [-0.25, -0.2) is 21.5 Å². The van der Waals surface area contributed by atoms with Crippen LogP contribution >= 0.6 is 0 Å². The second-order valence-corrected chi connectivity index (χ2v) is 12.8. The monoisotopic (exact) mass is 633 g/mol. The average Bonchev–Trinajstić information content (AvgIpc) is 3.77. The highest BCUT2D eigenvalue weighted by molar-refractivity contribution is 6.25. The molecule has 6 rings (SSSR count). The Balaban J connectivity index is 1.69. The molecule has 0 aromatic heterocycles. The summed E-state index contributed by atoms with van der Waals surface area (Å²) in [7, 11) is 2.67. The lowest BCUT2D eigenvalue weighted by Crippen LogP contribution is -2.35. The second-order valence-electron chi connectivity index (χ2n) is 12.8. The molecule has 5 aliphatic heterocycles. The number of esters is 2. The van der Waals surface area contributed by atoms with Gasteiger partial charge in [0, 0.05) is 40.8 Å². The highest BCUT2D eigenvalue weighted by Gasteiger charge is 2.57. The minimum absolute atomic E-state index is 0.121. The number of aliphatic hydroxyl groups excluding tert-OH is 1. The van der Waals surface area contributed by atoms with Gasteiger partial charge in [-0.3, -0.25) is 9.59 Å². The van der Waals surface area contributed by atoms with Crippen molar-refractivity contribution in [3.05, 3.63) is 103 Å². The summed E-state index contributed by atoms with van der Waals surface area (Å²) in [5.41, 5.74) is 9.74. The Bertz CT molecular complexity index is 1950. The normalized spacial score (nSPS) is 26.2. The fourth-order valence-corrected chi connectivity index (χ4v) is 7.50. The van der Waals surface area contributed by atoms with E-state index in [0.29, 0.717) is 40.4 Å². The van der Waals surface area contributed by atoms with Gasteiger partial charge in [-0.15, -0.1) is 0 Å². The van der Waals surface area contributed by atoms with Crippen LogP contribution < -0.4 is 5.32 Å². The number of hydrogen-bond donors (Lipinski definition) is 2. The van der Waals surface area contributed by atoms with Crippen LogP contribution in [0, 0.1) is 23.8 Å². The van der Waals surface area contributed by atoms with Crippen LogP contribution in [0.3, 0.4) is 0 Å². The smallest absolute Gasteiger partial charge is 0.323 e. The minimum atomic E-state index is -1.54. The number of ether oxygens (including phenoxy) is 2. The van der Waals surface area contributed by atoms with Crippen molar-refractivity contribution < 1.29 is 24.2 Å². The van der Waals surface area contributed by atoms with Gasteiger partial charge in [-0.2, -0.15) is 0 Å². The molecule has 47 heavy (non-hydrogen) atoms. The number of aliphatic imine (C=N–C) groups is 3. The Kier molecular flexibility index (Phi) is 7.91. The number of allylic oxidation sites excluding steroid dienone is 10. The molecule has 0 saturated carbocycles. The quantitative estimate of drug-likeness (QED) is 0.261. The third kappa shape index (κ3) is 4.70. The lowest BCUT2D eigenvalue weighted by Gasteiger charge is -2.27. The summed E-state index contributed by atoms with van der Waals surface area (Å²) in [5.74, 6) is -1.46. The van der Waals surface area contributed by atoms with Gasteiger partial charge in [0.05, 0.1) is 54.0 Å². The van der Waals surface area contributed by atoms with Gasteiger partial charge in [-0.05, 0) is 81.1 Å². The molecule has 0 aromatic carbocycles. The van der Waals surface area contributed by atoms with Crippen LogP contribution in [0.25, 0.3) is 4.85 Å². The van der Waals surface area contributed by atoms with Crippen LogP contribution in [0.1, 0.15) is 60.8 Å². The zero-order valence-corrected chi connectivity index (χ0v) is 28.1. The number of hydrogen-bond acceptors (Lipinski definition) is 9. The number of aliphatic hydroxyl groups is 1. The third-order valence-corrected chi connectivity index (χ3v) is 10.4. The molecule has 3 atom stereocenters. The van der Waals surface area contributed by atoms with Crippen molar-refractivity contribution >= 4 is 29.1 Å². The van der Waals surface area contributed by atoms with Crippen molar-refractivity contribution in [1.29, 1.82) is 0 Å². The molecule has 0 spiro atoms. The van der Waals surface area contributed by atoms with Crippen LogP contribution in [0.5, 0.6) is 0 Å². The van der Waals surface area contributed by atoms with Gasteiger partial charge in [-0.1, -0.05) is 13.8 Å². The third-order valence-electron chi connectivity index (χ3n) is 10.4. The van der Waals surface area contributed by atoms with E-state index in [1.54, 1.807) is 6.92 Å². The molecule has 0 amide bonds. The Morgan fingerprint density at radius 2 is 1.66 bits per heavy atom. The van der Waals surface area contributed by atoms with Crippen LogP contribution in [-0.2, 0) is 19.1 Å². The first-order valence-electron chi connectivity index (χ1n) is 15.9. The molecule has 1 saturated heterocycles. The van der Waals surface area contributed by atoms with Crippen LogP contribution in [0.2, 0.25) is 0 Å². The second kappa shape index (κ2) is 11.6. The Labute approximate surface area is 275 Å². The molecule has 0 radical (unpaired) electrons. The lowest BCUT2D eigenvalue weighted by molar-refractivity contribution is -0.148. The highest BCUT2D eigenvalue weighted by atomic mass is 16.5. The van der Waals surface area contributed by atoms with Gasteiger partial charge in [0.1, 0.15) is 5.76 Å². The molecule has 6 aliphatic rings. The summed E-state index contributed by atoms with van der Waals surface area (Å²) < 4.78 is 10.3. The molecular weight excluding hydrogens is 594 g/mol. The molecule has 5 heterocycles. The fourth-order valence-electron chi connectivity index (χ4n) is 7.50. The van der Waals surface area contributed by atoms with Crippen LogP contribution in [-0.4, -0.2) is 54.9 Å². The van der Waals surface area contributed by atoms with Gasteiger partial charge < -0.3 is 24.7 Å². The van der Waals surface area contributed by atoms with E-state index in [-0.39, 0.29) is 36.5 Å². The number of fused-ring (bicyclic) bond motifs is 5. The number of rotatable bonds is 6. The van der Waals surface area contributed by atoms with E-state index in [4.69, 9.17) is 31.0 Å². The topological polar surface area (TPSA) is 126 Å². The maximum absolute atomic E-state index is 13.6. The van der Waals surface area contributed by atoms with Crippen LogP contribution in [0.4, 0.5) is 0 Å². The highest BCUT2D eigenvalue weighted by Crippen LogP contribution is 2.54. The summed E-state index contributed by atoms with van der Waals surface area (Å²) in [4.78, 5) is 44.9. The number of carbonyl (C=O) groups excluding carboxylic acids is 2. The van der Waals surface area contributed by atoms with Gasteiger partial charge in [0.2, 0.25) is 6.54 Å². The SMILES string of the molecule is [C-]#[N+]CC1=C(C)C2=NC1=CC1=NC(=CC3=C(C)C4=C(O)C(C)(C(=O)OC)C(=C5NC(=C2)C(C)C5CCC(=O)OC)C4=N3)C(CC)=C1C. The summed E-state index contributed by atoms with van der Waals surface area (Å²) in [6.45, 7) is 19.6. The molecule has 3 unspecified atom stereocenters. The van der Waals surface area contributed by atoms with Crippen molar-refractivity contribution in [2.24, 2.45) is 32.2 Å². The summed E-state index contributed by atoms with van der Waals surface area (Å²) in [6, 6.07) is 0. The van der Waals surface area contributed by atoms with Crippen molar-refractivity contribution in [2.45, 2.75) is 60.8 Å². The zero-order valence-electron chi connectivity index (χ0n) is 28.1. The van der Waals surface area contributed by atoms with Gasteiger partial charge in [0.15, 0.2) is 5.41 Å². The van der Waals surface area contributed by atoms with Crippen molar-refractivity contribution in [2.75, 3.05) is 20.8 Å². The van der Waals surface area contributed by atoms with E-state index in [9.17, 15) is 14.7 Å². The van der Waals surface area contributed by atoms with E-state index in [2.05, 4.69) is 24.0 Å². The van der Waals surface area contributed by atoms with Crippen LogP contribution in [0.15, 0.2) is 106 Å². The molecule has 10 heteroatoms. The molecule has 242 valence electrons. The van der Waals surface area contributed by atoms with E-state index in [1.807, 2.05) is 39.0 Å². The first-order chi connectivity index (χ1) is 22.4. The maximum Gasteiger partial charge on any atom is 0.323 e. The predicted octanol–water partition coefficient (Wildman–Crippen LogP) is 6.32. The summed E-state index contributed by atoms with van der Waals surface area (Å²) in [5, 5.41) is 15.5. The number of nitrogens with one attached hydrogen (secondary N) is 1. The summed E-state index contributed by atoms with van der Waals surface area (Å²) >= 11 is 0. The predicted molar refractivity (Wildman–Crippen MR) is 180 cm³/mol. The first-order valence-corrected chi connectivity index (χ1v) is 15.9. The minimum Gasteiger partial charge on any atom is -0.510 e. The van der Waals surface area contributed by atoms with Crippen molar-refractivity contribution in [1.82, 2.24) is 5.32 Å². The molecule has 1 aliphatic carbocycles. The van der Waals surface area contributed by atoms with Crippen molar-refractivity contribution in [3.63, 3.8) is 0 Å². The van der Waals surface area contributed by atoms with E-state index in [0.717, 1.165) is 57.1 Å². The molecule has 1 fully saturated rings. The maximum atomic E-state index is 13.6. The molecule has 10 nitrogen and oxygen atoms in total. The number of methoxy groups -OCH3 is 2. The summed E-state index contributed by atoms with van der Waals surface area (Å²) in [6.07, 6.45) is 7.22. The van der Waals surface area contributed by atoms with Gasteiger partial charge >= 0.3 is 11.9 Å². The van der Waals surface area contributed by atoms with E-state index < -0.39 is 11.4 Å². The van der Waals surface area contributed by atoms with Gasteiger partial charge in [0.25, 0.3) is 0 Å². The average molecular weight is 634 g/mol. The largest absolute Gasteiger partial charge is 0.510 e. The Hall–Kier alpha value is -5.04. The fraction of sp³-hybridized carbons (Fsp3) is 0.405. The molecule has 0 aromatic rings. The first kappa shape index (κ1) is 31.9. The Morgan fingerprint density at radius 3 is 2.30 bits per heavy atom. The van der Waals surface area contributed by atoms with E-state index in [1.165, 1.54) is 14.2 Å². The molecular formula is C37H39N5O5. The zero-order chi connectivity index (χ0) is 33.9. The number of nitrogens with zero attached hydrogens (tertiary/aromatic N) is 4. The molecule has 2 N–H and O–H groups in total. The standard InChI is InChI=1S/C37H39N5O5/c1-10-21-17(2)25-14-29-23(16-38-7)19(4)24(40-29)13-26-18(3)22(11-12-30(43)46-8)33(41-26)32-34-31(35(44)37(32,6)36(45)47-9)20(5)27(42-34)15-28(21)39-25/h13-15,18,22,41,44H,10-12,16H2,1-6,8-9H3. The van der Waals surface area contributed by atoms with E-state index >= 15 is 0 Å². The number of carbonyl (C=O) groups is 2. The van der Waals surface area contributed by atoms with Crippen molar-refractivity contribution in [3.8, 4) is 0 Å².